The number of aryl methyl sites for hydroxylation is 1. The van der Waals surface area contributed by atoms with Crippen LogP contribution in [0.1, 0.15) is 44.0 Å². The Morgan fingerprint density at radius 1 is 1.39 bits per heavy atom. The van der Waals surface area contributed by atoms with E-state index in [1.807, 2.05) is 18.9 Å². The molecule has 2 saturated heterocycles. The number of hydrogen-bond donors (Lipinski definition) is 3. The van der Waals surface area contributed by atoms with E-state index >= 15 is 0 Å². The van der Waals surface area contributed by atoms with E-state index in [0.717, 1.165) is 25.0 Å². The largest absolute Gasteiger partial charge is 0.390 e. The number of nitrogens with zero attached hydrogens (tertiary/aromatic N) is 5. The predicted octanol–water partition coefficient (Wildman–Crippen LogP) is 2.33. The molecule has 0 aliphatic carbocycles. The first-order valence-corrected chi connectivity index (χ1v) is 9.95. The van der Waals surface area contributed by atoms with Crippen LogP contribution < -0.4 is 10.2 Å². The molecule has 2 aliphatic rings. The van der Waals surface area contributed by atoms with Crippen molar-refractivity contribution in [1.82, 2.24) is 25.1 Å². The molecule has 3 N–H and O–H groups in total. The van der Waals surface area contributed by atoms with E-state index in [1.54, 1.807) is 6.07 Å². The number of aliphatic hydroxyl groups is 1. The van der Waals surface area contributed by atoms with Gasteiger partial charge in [-0.25, -0.2) is 9.37 Å². The zero-order valence-corrected chi connectivity index (χ0v) is 16.6. The van der Waals surface area contributed by atoms with E-state index in [0.29, 0.717) is 29.9 Å². The molecule has 0 saturated carbocycles. The molecule has 2 aromatic heterocycles. The lowest BCUT2D eigenvalue weighted by atomic mass is 9.82. The monoisotopic (exact) mass is 389 g/mol. The minimum Gasteiger partial charge on any atom is -0.390 e. The van der Waals surface area contributed by atoms with Gasteiger partial charge in [-0.15, -0.1) is 0 Å². The Balaban J connectivity index is 1.60. The quantitative estimate of drug-likeness (QED) is 0.698. The Morgan fingerprint density at radius 2 is 2.21 bits per heavy atom. The third-order valence-corrected chi connectivity index (χ3v) is 6.09. The summed E-state index contributed by atoms with van der Waals surface area (Å²) in [5.41, 5.74) is 0.842. The minimum absolute atomic E-state index is 0.0141. The van der Waals surface area contributed by atoms with E-state index in [1.165, 1.54) is 13.0 Å². The summed E-state index contributed by atoms with van der Waals surface area (Å²) in [5, 5.41) is 19.4. The van der Waals surface area contributed by atoms with E-state index in [-0.39, 0.29) is 11.5 Å². The number of hydrogen-bond acceptors (Lipinski definition) is 7. The molecule has 0 amide bonds. The van der Waals surface area contributed by atoms with Gasteiger partial charge in [0.15, 0.2) is 17.5 Å². The smallest absolute Gasteiger partial charge is 0.227 e. The highest BCUT2D eigenvalue weighted by Gasteiger charge is 2.41. The molecule has 0 aromatic carbocycles. The van der Waals surface area contributed by atoms with E-state index in [9.17, 15) is 9.50 Å². The van der Waals surface area contributed by atoms with Crippen molar-refractivity contribution in [2.45, 2.75) is 64.3 Å². The fraction of sp³-hybridized carbons (Fsp3) is 0.632. The first-order chi connectivity index (χ1) is 13.5. The summed E-state index contributed by atoms with van der Waals surface area (Å²) in [7, 11) is 1.96. The highest BCUT2D eigenvalue weighted by atomic mass is 19.1. The summed E-state index contributed by atoms with van der Waals surface area (Å²) in [6.45, 7) is 4.80. The van der Waals surface area contributed by atoms with Crippen LogP contribution in [0.25, 0.3) is 0 Å². The van der Waals surface area contributed by atoms with E-state index in [2.05, 4.69) is 37.3 Å². The molecule has 1 unspecified atom stereocenters. The average molecular weight is 389 g/mol. The molecule has 3 atom stereocenters. The van der Waals surface area contributed by atoms with Crippen molar-refractivity contribution < 1.29 is 9.50 Å². The Morgan fingerprint density at radius 3 is 2.82 bits per heavy atom. The van der Waals surface area contributed by atoms with Gasteiger partial charge in [-0.2, -0.15) is 10.1 Å². The number of rotatable bonds is 6. The second kappa shape index (κ2) is 7.63. The number of aromatic amines is 1. The number of fused-ring (bicyclic) bond motifs is 1. The summed E-state index contributed by atoms with van der Waals surface area (Å²) >= 11 is 0. The maximum atomic E-state index is 14.7. The van der Waals surface area contributed by atoms with Crippen molar-refractivity contribution in [2.24, 2.45) is 0 Å². The van der Waals surface area contributed by atoms with Crippen LogP contribution in [-0.2, 0) is 6.61 Å². The van der Waals surface area contributed by atoms with Crippen molar-refractivity contribution in [3.05, 3.63) is 23.3 Å². The van der Waals surface area contributed by atoms with E-state index in [4.69, 9.17) is 0 Å². The molecule has 2 aromatic rings. The van der Waals surface area contributed by atoms with Gasteiger partial charge in [-0.05, 0) is 32.6 Å². The number of halogens is 1. The number of aliphatic hydroxyl groups excluding tert-OH is 1. The molecule has 4 rings (SSSR count). The number of H-pyrrole nitrogens is 1. The van der Waals surface area contributed by atoms with Gasteiger partial charge in [-0.3, -0.25) is 10.00 Å². The van der Waals surface area contributed by atoms with Gasteiger partial charge in [0.2, 0.25) is 5.95 Å². The Kier molecular flexibility index (Phi) is 5.20. The topological polar surface area (TPSA) is 93.2 Å². The molecular weight excluding hydrogens is 361 g/mol. The van der Waals surface area contributed by atoms with Gasteiger partial charge < -0.3 is 15.3 Å². The first-order valence-electron chi connectivity index (χ1n) is 9.95. The highest BCUT2D eigenvalue weighted by Crippen LogP contribution is 2.36. The molecule has 9 heteroatoms. The molecule has 0 bridgehead atoms. The second-order valence-corrected chi connectivity index (χ2v) is 7.83. The number of anilines is 3. The number of piperidine rings is 1. The van der Waals surface area contributed by atoms with Crippen molar-refractivity contribution >= 4 is 17.6 Å². The molecule has 4 heterocycles. The van der Waals surface area contributed by atoms with Crippen molar-refractivity contribution in [3.63, 3.8) is 0 Å². The summed E-state index contributed by atoms with van der Waals surface area (Å²) in [4.78, 5) is 13.4. The summed E-state index contributed by atoms with van der Waals surface area (Å²) < 4.78 is 14.7. The van der Waals surface area contributed by atoms with Crippen LogP contribution in [0.15, 0.2) is 6.07 Å². The molecule has 2 fully saturated rings. The zero-order valence-electron chi connectivity index (χ0n) is 16.6. The highest BCUT2D eigenvalue weighted by molar-refractivity contribution is 5.55. The van der Waals surface area contributed by atoms with Gasteiger partial charge in [0, 0.05) is 43.5 Å². The number of nitrogens with one attached hydrogen (secondary N) is 2. The maximum absolute atomic E-state index is 14.7. The minimum atomic E-state index is -0.652. The maximum Gasteiger partial charge on any atom is 0.227 e. The van der Waals surface area contributed by atoms with Crippen molar-refractivity contribution in [2.75, 3.05) is 23.8 Å². The third-order valence-electron chi connectivity index (χ3n) is 6.09. The molecular formula is C19H28FN7O. The Bertz CT molecular complexity index is 842. The summed E-state index contributed by atoms with van der Waals surface area (Å²) in [6.07, 6.45) is 4.46. The van der Waals surface area contributed by atoms with Gasteiger partial charge in [-0.1, -0.05) is 6.92 Å². The molecule has 0 spiro atoms. The molecule has 28 heavy (non-hydrogen) atoms. The van der Waals surface area contributed by atoms with Crippen LogP contribution in [-0.4, -0.2) is 61.9 Å². The van der Waals surface area contributed by atoms with Crippen LogP contribution in [0.2, 0.25) is 0 Å². The van der Waals surface area contributed by atoms with Crippen LogP contribution in [0, 0.1) is 12.7 Å². The lowest BCUT2D eigenvalue weighted by molar-refractivity contribution is -0.00728. The van der Waals surface area contributed by atoms with Gasteiger partial charge in [0.1, 0.15) is 5.69 Å². The second-order valence-electron chi connectivity index (χ2n) is 7.83. The van der Waals surface area contributed by atoms with Crippen LogP contribution >= 0.6 is 0 Å². The van der Waals surface area contributed by atoms with Crippen LogP contribution in [0.4, 0.5) is 22.0 Å². The van der Waals surface area contributed by atoms with Crippen molar-refractivity contribution in [3.8, 4) is 0 Å². The fourth-order valence-electron chi connectivity index (χ4n) is 4.36. The average Bonchev–Trinajstić information content (AvgIpc) is 3.08. The molecule has 152 valence electrons. The van der Waals surface area contributed by atoms with Crippen LogP contribution in [0.5, 0.6) is 0 Å². The lowest BCUT2D eigenvalue weighted by Crippen LogP contribution is -2.61. The van der Waals surface area contributed by atoms with Gasteiger partial charge in [0.25, 0.3) is 0 Å². The summed E-state index contributed by atoms with van der Waals surface area (Å²) in [5.74, 6) is 0.273. The van der Waals surface area contributed by atoms with Gasteiger partial charge in [0.05, 0.1) is 6.61 Å². The Hall–Kier alpha value is -2.26. The normalized spacial score (nSPS) is 24.5. The van der Waals surface area contributed by atoms with Gasteiger partial charge >= 0.3 is 0 Å². The standard InChI is InChI=1S/C19H28FN7O/c1-4-12-8-14(9-13-5-6-27(12)13)26(3)19-21-15(10-28)17(20)18(23-19)22-16-7-11(2)24-25-16/h7,12-14,28H,4-6,8-10H2,1-3H3,(H2,21,22,23,24,25)/t12-,13+,14?/m0/s1. The Labute approximate surface area is 164 Å². The van der Waals surface area contributed by atoms with Crippen molar-refractivity contribution in [1.29, 1.82) is 0 Å². The van der Waals surface area contributed by atoms with Crippen LogP contribution in [0.3, 0.4) is 0 Å². The lowest BCUT2D eigenvalue weighted by Gasteiger charge is -2.53. The SMILES string of the molecule is CC[C@H]1CC(N(C)c2nc(CO)c(F)c(Nc3cc(C)[nH]n3)n2)C[C@H]2CCN21. The molecule has 2 aliphatic heterocycles. The predicted molar refractivity (Wildman–Crippen MR) is 105 cm³/mol. The zero-order chi connectivity index (χ0) is 19.8. The summed E-state index contributed by atoms with van der Waals surface area (Å²) in [6, 6.07) is 3.25. The molecule has 8 nitrogen and oxygen atoms in total. The third kappa shape index (κ3) is 3.44. The molecule has 0 radical (unpaired) electrons. The number of aromatic nitrogens is 4. The van der Waals surface area contributed by atoms with E-state index < -0.39 is 12.4 Å². The first kappa shape index (κ1) is 19.1. The fourth-order valence-corrected chi connectivity index (χ4v) is 4.36.